The Bertz CT molecular complexity index is 923. The van der Waals surface area contributed by atoms with E-state index < -0.39 is 10.0 Å². The number of ether oxygens (including phenoxy) is 1. The van der Waals surface area contributed by atoms with Crippen molar-refractivity contribution in [3.8, 4) is 5.75 Å². The summed E-state index contributed by atoms with van der Waals surface area (Å²) in [5.41, 5.74) is 0.927. The Morgan fingerprint density at radius 3 is 2.53 bits per heavy atom. The number of anilines is 1. The second-order valence-electron chi connectivity index (χ2n) is 8.40. The van der Waals surface area contributed by atoms with Crippen LogP contribution >= 0.6 is 0 Å². The predicted octanol–water partition coefficient (Wildman–Crippen LogP) is 2.52. The second kappa shape index (κ2) is 8.93. The van der Waals surface area contributed by atoms with E-state index >= 15 is 0 Å². The number of rotatable bonds is 6. The van der Waals surface area contributed by atoms with Crippen LogP contribution in [0.15, 0.2) is 17.0 Å². The number of fused-ring (bicyclic) bond motifs is 1. The summed E-state index contributed by atoms with van der Waals surface area (Å²) in [7, 11) is -2.48. The summed E-state index contributed by atoms with van der Waals surface area (Å²) in [5, 5.41) is 2.67. The molecular formula is C21H31N3O5S. The first-order chi connectivity index (χ1) is 14.1. The monoisotopic (exact) mass is 437 g/mol. The van der Waals surface area contributed by atoms with Gasteiger partial charge in [-0.25, -0.2) is 8.42 Å². The molecule has 2 amide bonds. The molecule has 0 radical (unpaired) electrons. The van der Waals surface area contributed by atoms with Crippen LogP contribution < -0.4 is 10.1 Å². The zero-order valence-electron chi connectivity index (χ0n) is 18.1. The molecule has 8 nitrogen and oxygen atoms in total. The lowest BCUT2D eigenvalue weighted by Crippen LogP contribution is -2.50. The number of aryl methyl sites for hydroxylation is 1. The molecule has 0 saturated heterocycles. The molecule has 0 aromatic heterocycles. The van der Waals surface area contributed by atoms with Crippen LogP contribution in [0, 0.1) is 6.92 Å². The minimum Gasteiger partial charge on any atom is -0.482 e. The molecule has 3 rings (SSSR count). The summed E-state index contributed by atoms with van der Waals surface area (Å²) >= 11 is 0. The molecule has 0 atom stereocenters. The number of carbonyl (C=O) groups excluding carboxylic acids is 2. The Balaban J connectivity index is 1.80. The van der Waals surface area contributed by atoms with Crippen molar-refractivity contribution in [1.82, 2.24) is 9.21 Å². The van der Waals surface area contributed by atoms with Crippen molar-refractivity contribution in [2.24, 2.45) is 0 Å². The highest BCUT2D eigenvalue weighted by atomic mass is 32.2. The molecule has 0 unspecified atom stereocenters. The van der Waals surface area contributed by atoms with Gasteiger partial charge < -0.3 is 15.0 Å². The van der Waals surface area contributed by atoms with Crippen molar-refractivity contribution in [3.05, 3.63) is 17.7 Å². The average Bonchev–Trinajstić information content (AvgIpc) is 2.67. The molecule has 1 fully saturated rings. The Kier molecular flexibility index (Phi) is 6.71. The minimum atomic E-state index is -3.91. The van der Waals surface area contributed by atoms with Crippen LogP contribution in [0.2, 0.25) is 0 Å². The van der Waals surface area contributed by atoms with E-state index in [0.717, 1.165) is 30.0 Å². The summed E-state index contributed by atoms with van der Waals surface area (Å²) in [6, 6.07) is 3.18. The van der Waals surface area contributed by atoms with E-state index in [-0.39, 0.29) is 41.9 Å². The van der Waals surface area contributed by atoms with E-state index in [1.165, 1.54) is 19.5 Å². The van der Waals surface area contributed by atoms with E-state index in [0.29, 0.717) is 17.0 Å². The van der Waals surface area contributed by atoms with Crippen LogP contribution in [0.3, 0.4) is 0 Å². The first kappa shape index (κ1) is 22.6. The zero-order valence-corrected chi connectivity index (χ0v) is 18.9. The Morgan fingerprint density at radius 1 is 1.23 bits per heavy atom. The van der Waals surface area contributed by atoms with Crippen molar-refractivity contribution >= 4 is 27.5 Å². The smallest absolute Gasteiger partial charge is 0.262 e. The summed E-state index contributed by atoms with van der Waals surface area (Å²) in [4.78, 5) is 26.5. The van der Waals surface area contributed by atoms with Crippen LogP contribution in [-0.2, 0) is 19.6 Å². The normalized spacial score (nSPS) is 17.5. The van der Waals surface area contributed by atoms with Gasteiger partial charge in [-0.1, -0.05) is 19.3 Å². The Hall–Kier alpha value is -2.13. The van der Waals surface area contributed by atoms with Crippen LogP contribution in [0.25, 0.3) is 0 Å². The molecule has 1 saturated carbocycles. The second-order valence-corrected chi connectivity index (χ2v) is 10.4. The van der Waals surface area contributed by atoms with Crippen molar-refractivity contribution in [2.75, 3.05) is 25.5 Å². The van der Waals surface area contributed by atoms with E-state index in [2.05, 4.69) is 5.32 Å². The molecule has 1 aromatic rings. The van der Waals surface area contributed by atoms with Gasteiger partial charge in [0.1, 0.15) is 5.75 Å². The van der Waals surface area contributed by atoms with E-state index in [9.17, 15) is 18.0 Å². The number of likely N-dealkylation sites (N-methyl/N-ethyl adjacent to an activating group) is 1. The maximum Gasteiger partial charge on any atom is 0.262 e. The maximum atomic E-state index is 13.2. The molecule has 2 aliphatic rings. The fourth-order valence-corrected chi connectivity index (χ4v) is 5.63. The van der Waals surface area contributed by atoms with Gasteiger partial charge in [0.15, 0.2) is 6.61 Å². The SMILES string of the molecule is Cc1cc2c(cc1S(=O)(=O)N(C)CC(=O)N(C(C)C)C1CCCCC1)OCC(=O)N2. The quantitative estimate of drug-likeness (QED) is 0.738. The third-order valence-corrected chi connectivity index (χ3v) is 7.71. The lowest BCUT2D eigenvalue weighted by Gasteiger charge is -2.38. The predicted molar refractivity (Wildman–Crippen MR) is 114 cm³/mol. The van der Waals surface area contributed by atoms with Crippen molar-refractivity contribution < 1.29 is 22.7 Å². The van der Waals surface area contributed by atoms with Gasteiger partial charge in [0, 0.05) is 25.2 Å². The van der Waals surface area contributed by atoms with Gasteiger partial charge in [0.05, 0.1) is 17.1 Å². The molecule has 1 aliphatic carbocycles. The number of nitrogens with zero attached hydrogens (tertiary/aromatic N) is 2. The molecule has 1 aromatic carbocycles. The van der Waals surface area contributed by atoms with Gasteiger partial charge >= 0.3 is 0 Å². The van der Waals surface area contributed by atoms with E-state index in [1.54, 1.807) is 13.0 Å². The van der Waals surface area contributed by atoms with Gasteiger partial charge in [-0.15, -0.1) is 0 Å². The Labute approximate surface area is 178 Å². The van der Waals surface area contributed by atoms with Gasteiger partial charge in [0.2, 0.25) is 15.9 Å². The molecular weight excluding hydrogens is 406 g/mol. The van der Waals surface area contributed by atoms with Crippen molar-refractivity contribution in [3.63, 3.8) is 0 Å². The number of sulfonamides is 1. The first-order valence-corrected chi connectivity index (χ1v) is 11.9. The number of hydrogen-bond donors (Lipinski definition) is 1. The molecule has 30 heavy (non-hydrogen) atoms. The lowest BCUT2D eigenvalue weighted by molar-refractivity contribution is -0.136. The average molecular weight is 438 g/mol. The van der Waals surface area contributed by atoms with Crippen LogP contribution in [-0.4, -0.2) is 61.7 Å². The molecule has 0 spiro atoms. The summed E-state index contributed by atoms with van der Waals surface area (Å²) in [6.07, 6.45) is 5.31. The van der Waals surface area contributed by atoms with Gasteiger partial charge in [0.25, 0.3) is 5.91 Å². The third kappa shape index (κ3) is 4.62. The molecule has 1 N–H and O–H groups in total. The highest BCUT2D eigenvalue weighted by molar-refractivity contribution is 7.89. The van der Waals surface area contributed by atoms with Crippen molar-refractivity contribution in [2.45, 2.75) is 69.9 Å². The molecule has 0 bridgehead atoms. The highest BCUT2D eigenvalue weighted by Gasteiger charge is 2.32. The summed E-state index contributed by atoms with van der Waals surface area (Å²) < 4.78 is 32.9. The molecule has 1 aliphatic heterocycles. The molecule has 9 heteroatoms. The van der Waals surface area contributed by atoms with Crippen LogP contribution in [0.1, 0.15) is 51.5 Å². The summed E-state index contributed by atoms with van der Waals surface area (Å²) in [5.74, 6) is -0.150. The van der Waals surface area contributed by atoms with E-state index in [1.807, 2.05) is 18.7 Å². The molecule has 1 heterocycles. The lowest BCUT2D eigenvalue weighted by atomic mass is 9.93. The minimum absolute atomic E-state index is 0.0131. The number of carbonyl (C=O) groups is 2. The largest absolute Gasteiger partial charge is 0.482 e. The topological polar surface area (TPSA) is 96.0 Å². The maximum absolute atomic E-state index is 13.2. The Morgan fingerprint density at radius 2 is 1.90 bits per heavy atom. The zero-order chi connectivity index (χ0) is 22.1. The van der Waals surface area contributed by atoms with Gasteiger partial charge in [-0.3, -0.25) is 9.59 Å². The number of amides is 2. The van der Waals surface area contributed by atoms with Crippen LogP contribution in [0.5, 0.6) is 5.75 Å². The third-order valence-electron chi connectivity index (χ3n) is 5.77. The summed E-state index contributed by atoms with van der Waals surface area (Å²) in [6.45, 7) is 5.23. The van der Waals surface area contributed by atoms with Gasteiger partial charge in [-0.2, -0.15) is 4.31 Å². The van der Waals surface area contributed by atoms with Crippen LogP contribution in [0.4, 0.5) is 5.69 Å². The highest BCUT2D eigenvalue weighted by Crippen LogP contribution is 2.34. The standard InChI is InChI=1S/C21H31N3O5S/c1-14(2)24(16-8-6-5-7-9-16)21(26)12-23(4)30(27,28)19-11-18-17(10-15(19)3)22-20(25)13-29-18/h10-11,14,16H,5-9,12-13H2,1-4H3,(H,22,25). The fourth-order valence-electron chi connectivity index (χ4n) is 4.29. The number of hydrogen-bond acceptors (Lipinski definition) is 5. The fraction of sp³-hybridized carbons (Fsp3) is 0.619. The van der Waals surface area contributed by atoms with E-state index in [4.69, 9.17) is 4.74 Å². The number of nitrogens with one attached hydrogen (secondary N) is 1. The molecule has 166 valence electrons. The number of benzene rings is 1. The first-order valence-electron chi connectivity index (χ1n) is 10.5. The van der Waals surface area contributed by atoms with Crippen molar-refractivity contribution in [1.29, 1.82) is 0 Å². The van der Waals surface area contributed by atoms with Gasteiger partial charge in [-0.05, 0) is 45.2 Å².